The Hall–Kier alpha value is -1.29. The number of anilines is 1. The molecule has 0 fully saturated rings. The molecule has 4 heteroatoms. The predicted molar refractivity (Wildman–Crippen MR) is 65.6 cm³/mol. The third-order valence-corrected chi connectivity index (χ3v) is 3.64. The van der Waals surface area contributed by atoms with Crippen molar-refractivity contribution in [3.63, 3.8) is 0 Å². The molecule has 0 aliphatic heterocycles. The van der Waals surface area contributed by atoms with E-state index in [1.54, 1.807) is 6.20 Å². The second-order valence-corrected chi connectivity index (χ2v) is 4.42. The maximum atomic E-state index is 5.81. The molecule has 1 aromatic heterocycles. The van der Waals surface area contributed by atoms with E-state index in [-0.39, 0.29) is 0 Å². The molecule has 1 aromatic carbocycles. The summed E-state index contributed by atoms with van der Waals surface area (Å²) in [5.41, 5.74) is 10.8. The van der Waals surface area contributed by atoms with Gasteiger partial charge in [-0.2, -0.15) is 5.10 Å². The molecule has 2 rings (SSSR count). The van der Waals surface area contributed by atoms with Gasteiger partial charge in [-0.25, -0.2) is 0 Å². The summed E-state index contributed by atoms with van der Waals surface area (Å²) in [6.07, 6.45) is 1.63. The lowest BCUT2D eigenvalue weighted by Gasteiger charge is -2.07. The van der Waals surface area contributed by atoms with Gasteiger partial charge in [-0.15, -0.1) is 0 Å². The highest BCUT2D eigenvalue weighted by atomic mass is 79.9. The van der Waals surface area contributed by atoms with Crippen LogP contribution in [0.2, 0.25) is 0 Å². The van der Waals surface area contributed by atoms with E-state index in [9.17, 15) is 0 Å². The highest BCUT2D eigenvalue weighted by Crippen LogP contribution is 2.29. The number of aromatic nitrogens is 2. The quantitative estimate of drug-likeness (QED) is 0.833. The molecule has 0 unspecified atom stereocenters. The number of nitrogens with two attached hydrogens (primary N) is 1. The van der Waals surface area contributed by atoms with Gasteiger partial charge in [-0.3, -0.25) is 5.10 Å². The van der Waals surface area contributed by atoms with Crippen molar-refractivity contribution in [2.24, 2.45) is 0 Å². The summed E-state index contributed by atoms with van der Waals surface area (Å²) in [4.78, 5) is 0. The Balaban J connectivity index is 2.60. The Morgan fingerprint density at radius 2 is 1.87 bits per heavy atom. The number of hydrogen-bond acceptors (Lipinski definition) is 2. The van der Waals surface area contributed by atoms with E-state index < -0.39 is 0 Å². The van der Waals surface area contributed by atoms with Crippen molar-refractivity contribution in [1.82, 2.24) is 10.2 Å². The van der Waals surface area contributed by atoms with Crippen LogP contribution >= 0.6 is 15.9 Å². The minimum absolute atomic E-state index is 0.677. The zero-order valence-corrected chi connectivity index (χ0v) is 10.2. The summed E-state index contributed by atoms with van der Waals surface area (Å²) in [5.74, 6) is 0. The van der Waals surface area contributed by atoms with Crippen LogP contribution < -0.4 is 5.73 Å². The average Bonchev–Trinajstić information content (AvgIpc) is 2.60. The van der Waals surface area contributed by atoms with Gasteiger partial charge in [0.05, 0.1) is 17.6 Å². The number of H-pyrrole nitrogens is 1. The Kier molecular flexibility index (Phi) is 2.52. The minimum Gasteiger partial charge on any atom is -0.396 e. The van der Waals surface area contributed by atoms with Crippen molar-refractivity contribution in [2.75, 3.05) is 5.73 Å². The van der Waals surface area contributed by atoms with Crippen LogP contribution in [-0.2, 0) is 0 Å². The van der Waals surface area contributed by atoms with Crippen LogP contribution in [-0.4, -0.2) is 10.2 Å². The molecule has 0 saturated carbocycles. The van der Waals surface area contributed by atoms with Gasteiger partial charge in [0.25, 0.3) is 0 Å². The first-order valence-corrected chi connectivity index (χ1v) is 5.45. The van der Waals surface area contributed by atoms with Gasteiger partial charge >= 0.3 is 0 Å². The topological polar surface area (TPSA) is 54.7 Å². The van der Waals surface area contributed by atoms with Crippen LogP contribution in [0.3, 0.4) is 0 Å². The molecule has 0 atom stereocenters. The van der Waals surface area contributed by atoms with E-state index >= 15 is 0 Å². The Morgan fingerprint density at radius 1 is 1.27 bits per heavy atom. The van der Waals surface area contributed by atoms with Gasteiger partial charge in [0.2, 0.25) is 0 Å². The SMILES string of the molecule is Cc1cc(-c2[nH]ncc2N)cc(C)c1Br. The molecule has 0 bridgehead atoms. The molecular formula is C11H12BrN3. The summed E-state index contributed by atoms with van der Waals surface area (Å²) in [6.45, 7) is 4.13. The van der Waals surface area contributed by atoms with E-state index in [2.05, 4.69) is 52.1 Å². The maximum absolute atomic E-state index is 5.81. The first-order chi connectivity index (χ1) is 7.09. The summed E-state index contributed by atoms with van der Waals surface area (Å²) in [5, 5.41) is 6.82. The molecule has 0 saturated heterocycles. The largest absolute Gasteiger partial charge is 0.396 e. The molecule has 2 aromatic rings. The molecule has 3 nitrogen and oxygen atoms in total. The average molecular weight is 266 g/mol. The van der Waals surface area contributed by atoms with Gasteiger partial charge < -0.3 is 5.73 Å². The van der Waals surface area contributed by atoms with Crippen molar-refractivity contribution in [3.8, 4) is 11.3 Å². The van der Waals surface area contributed by atoms with Crippen LogP contribution in [0.25, 0.3) is 11.3 Å². The lowest BCUT2D eigenvalue weighted by Crippen LogP contribution is -1.90. The Morgan fingerprint density at radius 3 is 2.33 bits per heavy atom. The molecule has 0 radical (unpaired) electrons. The summed E-state index contributed by atoms with van der Waals surface area (Å²) in [7, 11) is 0. The first kappa shape index (κ1) is 10.2. The third-order valence-electron chi connectivity index (χ3n) is 2.39. The standard InChI is InChI=1S/C11H12BrN3/c1-6-3-8(4-7(2)10(6)12)11-9(13)5-14-15-11/h3-5H,13H2,1-2H3,(H,14,15). The van der Waals surface area contributed by atoms with Crippen molar-refractivity contribution in [2.45, 2.75) is 13.8 Å². The van der Waals surface area contributed by atoms with E-state index in [1.807, 2.05) is 0 Å². The van der Waals surface area contributed by atoms with Crippen LogP contribution in [0.15, 0.2) is 22.8 Å². The molecule has 0 aliphatic carbocycles. The van der Waals surface area contributed by atoms with Crippen LogP contribution in [0, 0.1) is 13.8 Å². The van der Waals surface area contributed by atoms with E-state index in [1.165, 1.54) is 11.1 Å². The highest BCUT2D eigenvalue weighted by molar-refractivity contribution is 9.10. The van der Waals surface area contributed by atoms with Gasteiger partial charge in [0.15, 0.2) is 0 Å². The lowest BCUT2D eigenvalue weighted by molar-refractivity contribution is 1.09. The molecular weight excluding hydrogens is 254 g/mol. The Labute approximate surface area is 96.8 Å². The number of halogens is 1. The minimum atomic E-state index is 0.677. The van der Waals surface area contributed by atoms with Gasteiger partial charge in [0, 0.05) is 10.0 Å². The van der Waals surface area contributed by atoms with E-state index in [4.69, 9.17) is 5.73 Å². The van der Waals surface area contributed by atoms with Crippen molar-refractivity contribution >= 4 is 21.6 Å². The first-order valence-electron chi connectivity index (χ1n) is 4.65. The smallest absolute Gasteiger partial charge is 0.0880 e. The molecule has 1 heterocycles. The van der Waals surface area contributed by atoms with Crippen LogP contribution in [0.5, 0.6) is 0 Å². The number of nitrogens with zero attached hydrogens (tertiary/aromatic N) is 1. The number of benzene rings is 1. The summed E-state index contributed by atoms with van der Waals surface area (Å²) in [6, 6.07) is 4.17. The van der Waals surface area contributed by atoms with Crippen molar-refractivity contribution in [3.05, 3.63) is 33.9 Å². The van der Waals surface area contributed by atoms with Gasteiger partial charge in [0.1, 0.15) is 0 Å². The van der Waals surface area contributed by atoms with Crippen molar-refractivity contribution < 1.29 is 0 Å². The fourth-order valence-electron chi connectivity index (χ4n) is 1.62. The van der Waals surface area contributed by atoms with Crippen molar-refractivity contribution in [1.29, 1.82) is 0 Å². The highest BCUT2D eigenvalue weighted by Gasteiger charge is 2.08. The second kappa shape index (κ2) is 3.70. The predicted octanol–water partition coefficient (Wildman–Crippen LogP) is 3.04. The number of aryl methyl sites for hydroxylation is 2. The second-order valence-electron chi connectivity index (χ2n) is 3.62. The maximum Gasteiger partial charge on any atom is 0.0880 e. The number of rotatable bonds is 1. The molecule has 15 heavy (non-hydrogen) atoms. The van der Waals surface area contributed by atoms with Gasteiger partial charge in [-0.05, 0) is 37.1 Å². The normalized spacial score (nSPS) is 10.6. The molecule has 78 valence electrons. The van der Waals surface area contributed by atoms with Crippen LogP contribution in [0.1, 0.15) is 11.1 Å². The molecule has 0 amide bonds. The number of nitrogens with one attached hydrogen (secondary N) is 1. The van der Waals surface area contributed by atoms with Crippen LogP contribution in [0.4, 0.5) is 5.69 Å². The monoisotopic (exact) mass is 265 g/mol. The zero-order chi connectivity index (χ0) is 11.0. The lowest BCUT2D eigenvalue weighted by atomic mass is 10.0. The number of hydrogen-bond donors (Lipinski definition) is 2. The van der Waals surface area contributed by atoms with E-state index in [0.717, 1.165) is 15.7 Å². The fourth-order valence-corrected chi connectivity index (χ4v) is 1.85. The molecule has 0 spiro atoms. The summed E-state index contributed by atoms with van der Waals surface area (Å²) >= 11 is 3.54. The molecule has 0 aliphatic rings. The Bertz CT molecular complexity index is 479. The number of nitrogen functional groups attached to an aromatic ring is 1. The van der Waals surface area contributed by atoms with E-state index in [0.29, 0.717) is 5.69 Å². The number of aromatic amines is 1. The third kappa shape index (κ3) is 1.77. The summed E-state index contributed by atoms with van der Waals surface area (Å²) < 4.78 is 1.14. The van der Waals surface area contributed by atoms with Gasteiger partial charge in [-0.1, -0.05) is 15.9 Å². The zero-order valence-electron chi connectivity index (χ0n) is 8.63. The fraction of sp³-hybridized carbons (Fsp3) is 0.182. The molecule has 3 N–H and O–H groups in total.